The van der Waals surface area contributed by atoms with E-state index in [1.54, 1.807) is 26.0 Å². The smallest absolute Gasteiger partial charge is 0.260 e. The van der Waals surface area contributed by atoms with E-state index >= 15 is 0 Å². The Kier molecular flexibility index (Phi) is 7.61. The fraction of sp³-hybridized carbons (Fsp3) is 0.545. The number of hydrogen-bond donors (Lipinski definition) is 1. The molecular weight excluding hydrogens is 388 g/mol. The van der Waals surface area contributed by atoms with E-state index in [0.29, 0.717) is 18.4 Å². The molecule has 2 aliphatic rings. The van der Waals surface area contributed by atoms with E-state index in [2.05, 4.69) is 5.32 Å². The van der Waals surface area contributed by atoms with Crippen molar-refractivity contribution < 1.29 is 19.1 Å². The summed E-state index contributed by atoms with van der Waals surface area (Å²) in [6, 6.07) is 7.80. The zero-order valence-electron chi connectivity index (χ0n) is 17.3. The zero-order chi connectivity index (χ0) is 20.8. The maximum Gasteiger partial charge on any atom is 0.260 e. The number of fused-ring (bicyclic) bond motifs is 1. The predicted molar refractivity (Wildman–Crippen MR) is 116 cm³/mol. The summed E-state index contributed by atoms with van der Waals surface area (Å²) in [4.78, 5) is 28.0. The zero-order valence-corrected chi connectivity index (χ0v) is 18.2. The highest BCUT2D eigenvalue weighted by atomic mass is 32.2. The van der Waals surface area contributed by atoms with Gasteiger partial charge in [0.05, 0.1) is 12.0 Å². The lowest BCUT2D eigenvalue weighted by molar-refractivity contribution is -0.131. The van der Waals surface area contributed by atoms with Gasteiger partial charge in [-0.1, -0.05) is 12.1 Å². The summed E-state index contributed by atoms with van der Waals surface area (Å²) in [6.07, 6.45) is 5.29. The van der Waals surface area contributed by atoms with Crippen molar-refractivity contribution >= 4 is 29.7 Å². The van der Waals surface area contributed by atoms with Crippen LogP contribution in [-0.2, 0) is 14.3 Å². The molecule has 1 N–H and O–H groups in total. The van der Waals surface area contributed by atoms with Gasteiger partial charge in [0.2, 0.25) is 5.91 Å². The van der Waals surface area contributed by atoms with Crippen LogP contribution in [0.5, 0.6) is 5.75 Å². The Bertz CT molecular complexity index is 750. The summed E-state index contributed by atoms with van der Waals surface area (Å²) in [5.41, 5.74) is 0.984. The first-order chi connectivity index (χ1) is 14.0. The number of ether oxygens (including phenoxy) is 2. The Hall–Kier alpha value is -1.99. The molecule has 1 saturated heterocycles. The molecule has 1 heterocycles. The van der Waals surface area contributed by atoms with Crippen molar-refractivity contribution in [3.8, 4) is 5.75 Å². The summed E-state index contributed by atoms with van der Waals surface area (Å²) in [5, 5.41) is 3.34. The summed E-state index contributed by atoms with van der Waals surface area (Å²) < 4.78 is 10.2. The van der Waals surface area contributed by atoms with E-state index in [0.717, 1.165) is 41.9 Å². The van der Waals surface area contributed by atoms with Crippen LogP contribution in [0.15, 0.2) is 29.2 Å². The number of nitrogens with one attached hydrogen (secondary N) is 1. The van der Waals surface area contributed by atoms with Gasteiger partial charge in [-0.3, -0.25) is 9.59 Å². The lowest BCUT2D eigenvalue weighted by atomic mass is 9.83. The van der Waals surface area contributed by atoms with Crippen molar-refractivity contribution in [3.05, 3.63) is 34.7 Å². The van der Waals surface area contributed by atoms with Gasteiger partial charge in [-0.15, -0.1) is 11.8 Å². The third-order valence-electron chi connectivity index (χ3n) is 5.67. The second-order valence-corrected chi connectivity index (χ2v) is 8.85. The number of hydrogen-bond acceptors (Lipinski definition) is 5. The Morgan fingerprint density at radius 1 is 1.28 bits per heavy atom. The molecular formula is C22H30N2O4S. The van der Waals surface area contributed by atoms with E-state index < -0.39 is 0 Å². The molecule has 1 aromatic carbocycles. The van der Waals surface area contributed by atoms with E-state index in [1.165, 1.54) is 0 Å². The van der Waals surface area contributed by atoms with Crippen LogP contribution < -0.4 is 10.1 Å². The fourth-order valence-electron chi connectivity index (χ4n) is 3.96. The number of methoxy groups -OCH3 is 2. The van der Waals surface area contributed by atoms with E-state index in [-0.39, 0.29) is 23.8 Å². The molecule has 1 aliphatic carbocycles. The molecule has 7 heteroatoms. The molecule has 3 atom stereocenters. The van der Waals surface area contributed by atoms with Crippen molar-refractivity contribution in [3.63, 3.8) is 0 Å². The average molecular weight is 419 g/mol. The van der Waals surface area contributed by atoms with Crippen molar-refractivity contribution in [2.75, 3.05) is 34.4 Å². The number of likely N-dealkylation sites (N-methyl/N-ethyl adjacent to an activating group) is 1. The first kappa shape index (κ1) is 21.7. The quantitative estimate of drug-likeness (QED) is 0.545. The largest absolute Gasteiger partial charge is 0.497 e. The van der Waals surface area contributed by atoms with E-state index in [4.69, 9.17) is 9.47 Å². The highest BCUT2D eigenvalue weighted by Gasteiger charge is 2.42. The summed E-state index contributed by atoms with van der Waals surface area (Å²) in [7, 11) is 5.16. The van der Waals surface area contributed by atoms with Crippen LogP contribution in [0.25, 0.3) is 6.08 Å². The predicted octanol–water partition coefficient (Wildman–Crippen LogP) is 2.93. The van der Waals surface area contributed by atoms with Crippen LogP contribution in [0.3, 0.4) is 0 Å². The average Bonchev–Trinajstić information content (AvgIpc) is 2.75. The summed E-state index contributed by atoms with van der Waals surface area (Å²) in [6.45, 7) is 1.28. The van der Waals surface area contributed by atoms with Gasteiger partial charge in [-0.2, -0.15) is 0 Å². The minimum atomic E-state index is -0.0261. The number of rotatable bonds is 7. The molecule has 2 fully saturated rings. The lowest BCUT2D eigenvalue weighted by Gasteiger charge is -2.44. The van der Waals surface area contributed by atoms with E-state index in [9.17, 15) is 9.59 Å². The van der Waals surface area contributed by atoms with Gasteiger partial charge < -0.3 is 19.7 Å². The Morgan fingerprint density at radius 2 is 2.03 bits per heavy atom. The van der Waals surface area contributed by atoms with Crippen LogP contribution in [0.1, 0.15) is 31.2 Å². The third kappa shape index (κ3) is 5.34. The normalized spacial score (nSPS) is 25.6. The maximum atomic E-state index is 12.9. The maximum absolute atomic E-state index is 12.9. The number of nitrogens with zero attached hydrogens (tertiary/aromatic N) is 1. The molecule has 0 aromatic heterocycles. The molecule has 1 aromatic rings. The molecule has 0 spiro atoms. The topological polar surface area (TPSA) is 67.9 Å². The Morgan fingerprint density at radius 3 is 2.72 bits per heavy atom. The van der Waals surface area contributed by atoms with E-state index in [1.807, 2.05) is 42.3 Å². The number of carbonyl (C=O) groups excluding carboxylic acids is 2. The molecule has 3 unspecified atom stereocenters. The molecule has 0 bridgehead atoms. The van der Waals surface area contributed by atoms with Crippen molar-refractivity contribution in [2.45, 2.75) is 37.0 Å². The highest BCUT2D eigenvalue weighted by Crippen LogP contribution is 2.43. The molecule has 6 nitrogen and oxygen atoms in total. The molecule has 0 radical (unpaired) electrons. The van der Waals surface area contributed by atoms with Crippen LogP contribution in [0, 0.1) is 5.92 Å². The number of benzene rings is 1. The molecule has 29 heavy (non-hydrogen) atoms. The fourth-order valence-corrected chi connectivity index (χ4v) is 5.44. The van der Waals surface area contributed by atoms with Crippen LogP contribution in [-0.4, -0.2) is 62.4 Å². The van der Waals surface area contributed by atoms with Gasteiger partial charge in [0.15, 0.2) is 0 Å². The van der Waals surface area contributed by atoms with Gasteiger partial charge in [-0.25, -0.2) is 0 Å². The second kappa shape index (κ2) is 10.2. The first-order valence-electron chi connectivity index (χ1n) is 10.1. The Balaban J connectivity index is 1.62. The number of carbonyl (C=O) groups is 2. The van der Waals surface area contributed by atoms with Crippen molar-refractivity contribution in [1.29, 1.82) is 0 Å². The van der Waals surface area contributed by atoms with Crippen molar-refractivity contribution in [1.82, 2.24) is 10.2 Å². The molecule has 1 aliphatic heterocycles. The summed E-state index contributed by atoms with van der Waals surface area (Å²) in [5.74, 6) is 0.908. The van der Waals surface area contributed by atoms with Crippen molar-refractivity contribution in [2.24, 2.45) is 5.92 Å². The second-order valence-electron chi connectivity index (χ2n) is 7.57. The third-order valence-corrected chi connectivity index (χ3v) is 7.07. The highest BCUT2D eigenvalue weighted by molar-refractivity contribution is 8.04. The van der Waals surface area contributed by atoms with Gasteiger partial charge in [0, 0.05) is 44.5 Å². The molecule has 3 rings (SSSR count). The monoisotopic (exact) mass is 418 g/mol. The minimum absolute atomic E-state index is 0.0261. The van der Waals surface area contributed by atoms with Gasteiger partial charge in [-0.05, 0) is 49.5 Å². The minimum Gasteiger partial charge on any atom is -0.497 e. The van der Waals surface area contributed by atoms with Crippen LogP contribution in [0.2, 0.25) is 0 Å². The Labute approximate surface area is 177 Å². The number of amides is 2. The first-order valence-corrected chi connectivity index (χ1v) is 11.0. The number of thioether (sulfide) groups is 1. The van der Waals surface area contributed by atoms with Crippen LogP contribution in [0.4, 0.5) is 0 Å². The van der Waals surface area contributed by atoms with Gasteiger partial charge >= 0.3 is 0 Å². The molecule has 2 amide bonds. The summed E-state index contributed by atoms with van der Waals surface area (Å²) >= 11 is 1.66. The van der Waals surface area contributed by atoms with Gasteiger partial charge in [0.1, 0.15) is 5.75 Å². The van der Waals surface area contributed by atoms with Gasteiger partial charge in [0.25, 0.3) is 5.91 Å². The SMILES string of the molecule is COCCCNC(=O)C1CCC2S/C(=C\c3ccc(OC)cc3)C(=O)N(C)C2C1. The van der Waals surface area contributed by atoms with Crippen LogP contribution >= 0.6 is 11.8 Å². The lowest BCUT2D eigenvalue weighted by Crippen LogP contribution is -2.52. The molecule has 158 valence electrons. The molecule has 1 saturated carbocycles. The standard InChI is InChI=1S/C22H30N2O4S/c1-24-18-14-16(21(25)23-11-4-12-27-2)7-10-19(18)29-20(22(24)26)13-15-5-8-17(28-3)9-6-15/h5-6,8-9,13,16,18-19H,4,7,10-12,14H2,1-3H3,(H,23,25)/b20-13-.